The van der Waals surface area contributed by atoms with E-state index in [0.717, 1.165) is 30.6 Å². The number of amides is 1. The number of carbonyl (C=O) groups is 2. The summed E-state index contributed by atoms with van der Waals surface area (Å²) in [5.74, 6) is -0.596. The number of anilines is 1. The number of benzene rings is 2. The Balaban J connectivity index is 1.20. The lowest BCUT2D eigenvalue weighted by molar-refractivity contribution is -0.119. The summed E-state index contributed by atoms with van der Waals surface area (Å²) in [6.07, 6.45) is 2.62. The number of thiazole rings is 1. The van der Waals surface area contributed by atoms with Crippen molar-refractivity contribution < 1.29 is 27.5 Å². The predicted molar refractivity (Wildman–Crippen MR) is 153 cm³/mol. The number of rotatable bonds is 8. The fourth-order valence-electron chi connectivity index (χ4n) is 6.20. The molecule has 1 aliphatic heterocycles. The van der Waals surface area contributed by atoms with Gasteiger partial charge in [-0.15, -0.1) is 11.3 Å². The molecular formula is C29H33N3O6S2. The molecule has 1 amide bonds. The van der Waals surface area contributed by atoms with Crippen LogP contribution in [-0.2, 0) is 19.6 Å². The zero-order valence-corrected chi connectivity index (χ0v) is 24.6. The molecule has 2 aromatic carbocycles. The highest BCUT2D eigenvalue weighted by Crippen LogP contribution is 2.53. The van der Waals surface area contributed by atoms with E-state index >= 15 is 0 Å². The Labute approximate surface area is 238 Å². The van der Waals surface area contributed by atoms with Crippen LogP contribution in [-0.4, -0.2) is 55.9 Å². The van der Waals surface area contributed by atoms with E-state index in [1.807, 2.05) is 29.6 Å². The first-order valence-electron chi connectivity index (χ1n) is 13.1. The van der Waals surface area contributed by atoms with E-state index in [1.54, 1.807) is 11.4 Å². The van der Waals surface area contributed by atoms with Crippen LogP contribution in [0.5, 0.6) is 5.75 Å². The molecule has 1 aromatic heterocycles. The van der Waals surface area contributed by atoms with Crippen LogP contribution in [0.15, 0.2) is 58.8 Å². The minimum absolute atomic E-state index is 0.0502. The van der Waals surface area contributed by atoms with Gasteiger partial charge in [-0.3, -0.25) is 10.1 Å². The molecule has 1 N–H and O–H groups in total. The van der Waals surface area contributed by atoms with E-state index in [2.05, 4.69) is 31.1 Å². The van der Waals surface area contributed by atoms with E-state index in [9.17, 15) is 18.0 Å². The maximum Gasteiger partial charge on any atom is 0.338 e. The molecule has 2 atom stereocenters. The topological polar surface area (TPSA) is 115 Å². The number of methoxy groups -OCH3 is 1. The second-order valence-corrected chi connectivity index (χ2v) is 14.4. The summed E-state index contributed by atoms with van der Waals surface area (Å²) in [5, 5.41) is 4.81. The highest BCUT2D eigenvalue weighted by atomic mass is 32.2. The summed E-state index contributed by atoms with van der Waals surface area (Å²) in [6.45, 7) is 6.47. The van der Waals surface area contributed by atoms with Crippen LogP contribution in [0.4, 0.5) is 5.13 Å². The summed E-state index contributed by atoms with van der Waals surface area (Å²) in [4.78, 5) is 29.6. The van der Waals surface area contributed by atoms with Crippen LogP contribution < -0.4 is 10.1 Å². The van der Waals surface area contributed by atoms with Gasteiger partial charge in [-0.2, -0.15) is 4.31 Å². The Morgan fingerprint density at radius 1 is 1.12 bits per heavy atom. The van der Waals surface area contributed by atoms with Crippen molar-refractivity contribution in [2.24, 2.45) is 10.8 Å². The summed E-state index contributed by atoms with van der Waals surface area (Å²) in [6, 6.07) is 13.1. The van der Waals surface area contributed by atoms with Crippen LogP contribution in [0, 0.1) is 10.8 Å². The molecule has 11 heteroatoms. The number of ether oxygens (including phenoxy) is 2. The van der Waals surface area contributed by atoms with Crippen molar-refractivity contribution in [2.75, 3.05) is 25.6 Å². The Morgan fingerprint density at radius 3 is 2.60 bits per heavy atom. The van der Waals surface area contributed by atoms with Crippen molar-refractivity contribution in [3.05, 3.63) is 59.5 Å². The number of nitrogens with one attached hydrogen (secondary N) is 1. The van der Waals surface area contributed by atoms with Gasteiger partial charge in [0.15, 0.2) is 11.7 Å². The summed E-state index contributed by atoms with van der Waals surface area (Å²) in [7, 11) is -2.21. The lowest BCUT2D eigenvalue weighted by Crippen LogP contribution is -2.37. The highest BCUT2D eigenvalue weighted by molar-refractivity contribution is 7.89. The minimum Gasteiger partial charge on any atom is -0.497 e. The molecule has 1 saturated carbocycles. The molecule has 1 saturated heterocycles. The third kappa shape index (κ3) is 5.91. The average Bonchev–Trinajstić information content (AvgIpc) is 3.48. The fraction of sp³-hybridized carbons (Fsp3) is 0.414. The van der Waals surface area contributed by atoms with Crippen LogP contribution in [0.25, 0.3) is 11.3 Å². The van der Waals surface area contributed by atoms with Crippen LogP contribution in [0.3, 0.4) is 0 Å². The molecular weight excluding hydrogens is 550 g/mol. The van der Waals surface area contributed by atoms with Gasteiger partial charge in [0.25, 0.3) is 5.91 Å². The number of fused-ring (bicyclic) bond motifs is 2. The van der Waals surface area contributed by atoms with E-state index < -0.39 is 28.5 Å². The van der Waals surface area contributed by atoms with E-state index in [-0.39, 0.29) is 27.3 Å². The Morgan fingerprint density at radius 2 is 1.88 bits per heavy atom. The number of sulfonamides is 1. The lowest BCUT2D eigenvalue weighted by atomic mass is 9.65. The number of nitrogens with zero attached hydrogens (tertiary/aromatic N) is 2. The number of carbonyl (C=O) groups excluding carboxylic acids is 2. The van der Waals surface area contributed by atoms with E-state index in [1.165, 1.54) is 35.6 Å². The summed E-state index contributed by atoms with van der Waals surface area (Å²) >= 11 is 1.25. The van der Waals surface area contributed by atoms with Gasteiger partial charge < -0.3 is 9.47 Å². The SMILES string of the molecule is COc1ccc(-c2csc(NC(=O)COC(=O)c3cccc(S(=O)(=O)N4CC5(C)CC4CC(C)(C)C5)c3)n2)cc1. The van der Waals surface area contributed by atoms with Crippen molar-refractivity contribution in [1.29, 1.82) is 0 Å². The quantitative estimate of drug-likeness (QED) is 0.362. The number of hydrogen-bond donors (Lipinski definition) is 1. The second kappa shape index (κ2) is 10.6. The molecule has 9 nitrogen and oxygen atoms in total. The molecule has 2 fully saturated rings. The minimum atomic E-state index is -3.80. The molecule has 2 unspecified atom stereocenters. The monoisotopic (exact) mass is 583 g/mol. The first-order chi connectivity index (χ1) is 18.9. The van der Waals surface area contributed by atoms with Crippen molar-refractivity contribution in [2.45, 2.75) is 51.0 Å². The predicted octanol–water partition coefficient (Wildman–Crippen LogP) is 5.20. The fourth-order valence-corrected chi connectivity index (χ4v) is 8.76. The Hall–Kier alpha value is -3.28. The first-order valence-corrected chi connectivity index (χ1v) is 15.4. The summed E-state index contributed by atoms with van der Waals surface area (Å²) < 4.78 is 39.2. The number of aromatic nitrogens is 1. The zero-order valence-electron chi connectivity index (χ0n) is 23.0. The van der Waals surface area contributed by atoms with Gasteiger partial charge in [-0.1, -0.05) is 26.8 Å². The molecule has 0 radical (unpaired) electrons. The van der Waals surface area contributed by atoms with Gasteiger partial charge >= 0.3 is 5.97 Å². The molecule has 2 aliphatic rings. The third-order valence-corrected chi connectivity index (χ3v) is 10.2. The van der Waals surface area contributed by atoms with Crippen LogP contribution >= 0.6 is 11.3 Å². The van der Waals surface area contributed by atoms with Crippen LogP contribution in [0.1, 0.15) is 50.4 Å². The van der Waals surface area contributed by atoms with Crippen molar-refractivity contribution in [1.82, 2.24) is 9.29 Å². The summed E-state index contributed by atoms with van der Waals surface area (Å²) in [5.41, 5.74) is 1.64. The Kier molecular flexibility index (Phi) is 7.49. The zero-order chi connectivity index (χ0) is 28.7. The smallest absolute Gasteiger partial charge is 0.338 e. The lowest BCUT2D eigenvalue weighted by Gasteiger charge is -2.39. The third-order valence-electron chi connectivity index (χ3n) is 7.51. The molecule has 3 aromatic rings. The van der Waals surface area contributed by atoms with Crippen molar-refractivity contribution in [3.8, 4) is 17.0 Å². The largest absolute Gasteiger partial charge is 0.497 e. The molecule has 5 rings (SSSR count). The molecule has 2 bridgehead atoms. The van der Waals surface area contributed by atoms with Crippen molar-refractivity contribution >= 4 is 38.4 Å². The maximum atomic E-state index is 13.6. The van der Waals surface area contributed by atoms with Gasteiger partial charge in [-0.25, -0.2) is 18.2 Å². The van der Waals surface area contributed by atoms with E-state index in [4.69, 9.17) is 9.47 Å². The molecule has 0 spiro atoms. The van der Waals surface area contributed by atoms with Crippen molar-refractivity contribution in [3.63, 3.8) is 0 Å². The van der Waals surface area contributed by atoms with Gasteiger partial charge in [0.1, 0.15) is 5.75 Å². The number of hydrogen-bond acceptors (Lipinski definition) is 8. The number of esters is 1. The highest BCUT2D eigenvalue weighted by Gasteiger charge is 2.53. The molecule has 40 heavy (non-hydrogen) atoms. The normalized spacial score (nSPS) is 22.1. The Bertz CT molecular complexity index is 1530. The van der Waals surface area contributed by atoms with Gasteiger partial charge in [-0.05, 0) is 72.6 Å². The second-order valence-electron chi connectivity index (χ2n) is 11.7. The molecule has 1 aliphatic carbocycles. The molecule has 2 heterocycles. The average molecular weight is 584 g/mol. The first kappa shape index (κ1) is 28.3. The standard InChI is InChI=1S/C29H33N3O6S2/c1-28(2)13-21-14-29(3,17-28)18-32(21)40(35,36)23-7-5-6-20(12-23)26(34)38-15-25(33)31-27-30-24(16-39-27)19-8-10-22(37-4)11-9-19/h5-12,16,21H,13-15,17-18H2,1-4H3,(H,30,31,33). The van der Waals surface area contributed by atoms with Gasteiger partial charge in [0, 0.05) is 23.5 Å². The van der Waals surface area contributed by atoms with Crippen LogP contribution in [0.2, 0.25) is 0 Å². The van der Waals surface area contributed by atoms with E-state index in [0.29, 0.717) is 17.4 Å². The molecule has 212 valence electrons. The van der Waals surface area contributed by atoms with Gasteiger partial charge in [0.2, 0.25) is 10.0 Å². The van der Waals surface area contributed by atoms with Gasteiger partial charge in [0.05, 0.1) is 23.3 Å². The maximum absolute atomic E-state index is 13.6.